The summed E-state index contributed by atoms with van der Waals surface area (Å²) < 4.78 is 28.1. The van der Waals surface area contributed by atoms with Gasteiger partial charge in [-0.2, -0.15) is 0 Å². The van der Waals surface area contributed by atoms with Gasteiger partial charge in [0, 0.05) is 12.8 Å². The average molecular weight is 260 g/mol. The van der Waals surface area contributed by atoms with Crippen LogP contribution in [0, 0.1) is 5.92 Å². The van der Waals surface area contributed by atoms with Crippen molar-refractivity contribution in [3.8, 4) is 0 Å². The molecule has 98 valence electrons. The number of hydrogen-bond acceptors (Lipinski definition) is 5. The first-order valence-corrected chi connectivity index (χ1v) is 7.59. The number of hydrogen-bond donors (Lipinski definition) is 1. The Morgan fingerprint density at radius 1 is 1.41 bits per heavy atom. The van der Waals surface area contributed by atoms with Crippen molar-refractivity contribution in [1.29, 1.82) is 0 Å². The van der Waals surface area contributed by atoms with Crippen molar-refractivity contribution in [3.63, 3.8) is 0 Å². The Kier molecular flexibility index (Phi) is 4.70. The van der Waals surface area contributed by atoms with Gasteiger partial charge in [0.2, 0.25) is 0 Å². The number of nitrogens with one attached hydrogen (secondary N) is 1. The van der Waals surface area contributed by atoms with E-state index in [9.17, 15) is 8.42 Å². The van der Waals surface area contributed by atoms with Crippen LogP contribution in [0.4, 0.5) is 0 Å². The van der Waals surface area contributed by atoms with Crippen molar-refractivity contribution in [2.45, 2.75) is 32.6 Å². The molecule has 0 bridgehead atoms. The fourth-order valence-corrected chi connectivity index (χ4v) is 2.00. The molecule has 0 spiro atoms. The fraction of sp³-hybridized carbons (Fsp3) is 0.727. The van der Waals surface area contributed by atoms with Gasteiger partial charge in [-0.15, -0.1) is 0 Å². The maximum atomic E-state index is 11.5. The van der Waals surface area contributed by atoms with Gasteiger partial charge in [-0.1, -0.05) is 13.8 Å². The second-order valence-corrected chi connectivity index (χ2v) is 7.03. The smallest absolute Gasteiger partial charge is 0.181 e. The zero-order valence-corrected chi connectivity index (χ0v) is 11.5. The van der Waals surface area contributed by atoms with Gasteiger partial charge in [-0.3, -0.25) is 0 Å². The van der Waals surface area contributed by atoms with Gasteiger partial charge in [0.25, 0.3) is 0 Å². The standard InChI is InChI=1S/C11H20N2O3S/c1-8(2)5-12-6-10-11(16-7-13-10)9(3)17(4,14)15/h7-9,12H,5-6H2,1-4H3. The summed E-state index contributed by atoms with van der Waals surface area (Å²) in [5, 5.41) is 2.56. The molecule has 0 amide bonds. The van der Waals surface area contributed by atoms with Gasteiger partial charge in [0.05, 0.1) is 5.69 Å². The van der Waals surface area contributed by atoms with E-state index >= 15 is 0 Å². The van der Waals surface area contributed by atoms with Gasteiger partial charge < -0.3 is 9.73 Å². The Morgan fingerprint density at radius 3 is 2.59 bits per heavy atom. The van der Waals surface area contributed by atoms with E-state index < -0.39 is 15.1 Å². The predicted octanol–water partition coefficient (Wildman–Crippen LogP) is 1.53. The van der Waals surface area contributed by atoms with Crippen molar-refractivity contribution in [2.75, 3.05) is 12.8 Å². The Balaban J connectivity index is 2.73. The number of nitrogens with zero attached hydrogens (tertiary/aromatic N) is 1. The third kappa shape index (κ3) is 4.12. The topological polar surface area (TPSA) is 72.2 Å². The number of aromatic nitrogens is 1. The van der Waals surface area contributed by atoms with Crippen molar-refractivity contribution >= 4 is 9.84 Å². The minimum Gasteiger partial charge on any atom is -0.447 e. The summed E-state index contributed by atoms with van der Waals surface area (Å²) in [7, 11) is -3.15. The van der Waals surface area contributed by atoms with Crippen LogP contribution < -0.4 is 5.32 Å². The molecule has 1 rings (SSSR count). The van der Waals surface area contributed by atoms with Crippen molar-refractivity contribution in [3.05, 3.63) is 17.8 Å². The second kappa shape index (κ2) is 5.64. The van der Waals surface area contributed by atoms with Gasteiger partial charge in [0.15, 0.2) is 16.2 Å². The Bertz CT molecular complexity index is 451. The van der Waals surface area contributed by atoms with Crippen LogP contribution >= 0.6 is 0 Å². The van der Waals surface area contributed by atoms with Crippen LogP contribution in [0.25, 0.3) is 0 Å². The molecule has 0 aliphatic rings. The number of oxazole rings is 1. The summed E-state index contributed by atoms with van der Waals surface area (Å²) in [5.74, 6) is 0.974. The van der Waals surface area contributed by atoms with E-state index in [2.05, 4.69) is 24.1 Å². The molecule has 0 aromatic carbocycles. The highest BCUT2D eigenvalue weighted by Crippen LogP contribution is 2.23. The molecule has 0 saturated carbocycles. The normalized spacial score (nSPS) is 14.2. The van der Waals surface area contributed by atoms with E-state index in [0.717, 1.165) is 6.54 Å². The van der Waals surface area contributed by atoms with Crippen LogP contribution in [-0.4, -0.2) is 26.2 Å². The summed E-state index contributed by atoms with van der Waals surface area (Å²) in [5.41, 5.74) is 0.670. The molecule has 0 fully saturated rings. The lowest BCUT2D eigenvalue weighted by molar-refractivity contribution is 0.487. The minimum absolute atomic E-state index is 0.434. The van der Waals surface area contributed by atoms with Crippen molar-refractivity contribution in [1.82, 2.24) is 10.3 Å². The Morgan fingerprint density at radius 2 is 2.06 bits per heavy atom. The minimum atomic E-state index is -3.15. The van der Waals surface area contributed by atoms with Gasteiger partial charge >= 0.3 is 0 Å². The molecule has 0 saturated heterocycles. The maximum absolute atomic E-state index is 11.5. The van der Waals surface area contributed by atoms with E-state index in [0.29, 0.717) is 23.9 Å². The summed E-state index contributed by atoms with van der Waals surface area (Å²) in [4.78, 5) is 4.05. The van der Waals surface area contributed by atoms with E-state index in [1.54, 1.807) is 6.92 Å². The molecule has 1 N–H and O–H groups in total. The molecule has 0 aliphatic carbocycles. The van der Waals surface area contributed by atoms with E-state index in [1.807, 2.05) is 0 Å². The molecule has 5 nitrogen and oxygen atoms in total. The third-order valence-corrected chi connectivity index (χ3v) is 4.03. The predicted molar refractivity (Wildman–Crippen MR) is 66.3 cm³/mol. The van der Waals surface area contributed by atoms with Crippen molar-refractivity contribution < 1.29 is 12.8 Å². The molecular formula is C11H20N2O3S. The SMILES string of the molecule is CC(C)CNCc1ncoc1C(C)S(C)(=O)=O. The van der Waals surface area contributed by atoms with E-state index in [1.165, 1.54) is 12.6 Å². The van der Waals surface area contributed by atoms with Crippen LogP contribution in [0.5, 0.6) is 0 Å². The maximum Gasteiger partial charge on any atom is 0.181 e. The van der Waals surface area contributed by atoms with Gasteiger partial charge in [0.1, 0.15) is 11.0 Å². The zero-order valence-electron chi connectivity index (χ0n) is 10.7. The first kappa shape index (κ1) is 14.2. The summed E-state index contributed by atoms with van der Waals surface area (Å²) >= 11 is 0. The summed E-state index contributed by atoms with van der Waals surface area (Å²) in [6.45, 7) is 7.22. The highest BCUT2D eigenvalue weighted by Gasteiger charge is 2.24. The molecule has 1 unspecified atom stereocenters. The molecule has 1 heterocycles. The van der Waals surface area contributed by atoms with Gasteiger partial charge in [-0.05, 0) is 19.4 Å². The molecule has 0 radical (unpaired) electrons. The summed E-state index contributed by atoms with van der Waals surface area (Å²) in [6, 6.07) is 0. The fourth-order valence-electron chi connectivity index (χ4n) is 1.42. The molecule has 1 aromatic rings. The van der Waals surface area contributed by atoms with Crippen molar-refractivity contribution in [2.24, 2.45) is 5.92 Å². The molecular weight excluding hydrogens is 240 g/mol. The average Bonchev–Trinajstić information content (AvgIpc) is 2.62. The molecule has 0 aliphatic heterocycles. The Hall–Kier alpha value is -0.880. The number of sulfone groups is 1. The first-order chi connectivity index (χ1) is 7.82. The Labute approximate surface area is 103 Å². The lowest BCUT2D eigenvalue weighted by Crippen LogP contribution is -2.20. The van der Waals surface area contributed by atoms with Crippen LogP contribution in [0.3, 0.4) is 0 Å². The monoisotopic (exact) mass is 260 g/mol. The molecule has 17 heavy (non-hydrogen) atoms. The van der Waals surface area contributed by atoms with Gasteiger partial charge in [-0.25, -0.2) is 13.4 Å². The molecule has 1 aromatic heterocycles. The highest BCUT2D eigenvalue weighted by molar-refractivity contribution is 7.90. The lowest BCUT2D eigenvalue weighted by Gasteiger charge is -2.09. The van der Waals surface area contributed by atoms with Crippen LogP contribution in [0.1, 0.15) is 37.5 Å². The molecule has 1 atom stereocenters. The second-order valence-electron chi connectivity index (χ2n) is 4.66. The van der Waals surface area contributed by atoms with E-state index in [4.69, 9.17) is 4.42 Å². The molecule has 6 heteroatoms. The first-order valence-electron chi connectivity index (χ1n) is 5.64. The van der Waals surface area contributed by atoms with Crippen LogP contribution in [0.15, 0.2) is 10.8 Å². The number of rotatable bonds is 6. The van der Waals surface area contributed by atoms with Crippen LogP contribution in [0.2, 0.25) is 0 Å². The lowest BCUT2D eigenvalue weighted by atomic mass is 10.2. The highest BCUT2D eigenvalue weighted by atomic mass is 32.2. The third-order valence-electron chi connectivity index (χ3n) is 2.53. The van der Waals surface area contributed by atoms with E-state index in [-0.39, 0.29) is 0 Å². The quantitative estimate of drug-likeness (QED) is 0.839. The van der Waals surface area contributed by atoms with Crippen LogP contribution in [-0.2, 0) is 16.4 Å². The summed E-state index contributed by atoms with van der Waals surface area (Å²) in [6.07, 6.45) is 2.49. The zero-order chi connectivity index (χ0) is 13.1. The largest absolute Gasteiger partial charge is 0.447 e.